The van der Waals surface area contributed by atoms with E-state index in [9.17, 15) is 14.0 Å². The normalized spacial score (nSPS) is 9.89. The van der Waals surface area contributed by atoms with E-state index in [1.54, 1.807) is 0 Å². The number of carboxylic acids is 1. The summed E-state index contributed by atoms with van der Waals surface area (Å²) in [6.07, 6.45) is 1.36. The van der Waals surface area contributed by atoms with Gasteiger partial charge in [-0.3, -0.25) is 9.59 Å². The summed E-state index contributed by atoms with van der Waals surface area (Å²) in [5, 5.41) is 8.50. The minimum Gasteiger partial charge on any atom is -0.480 e. The van der Waals surface area contributed by atoms with Crippen molar-refractivity contribution in [1.82, 2.24) is 4.90 Å². The largest absolute Gasteiger partial charge is 0.480 e. The monoisotopic (exact) mass is 271 g/mol. The zero-order chi connectivity index (χ0) is 13.7. The fourth-order valence-electron chi connectivity index (χ4n) is 1.38. The Bertz CT molecular complexity index is 490. The predicted octanol–water partition coefficient (Wildman–Crippen LogP) is 2.19. The Hall–Kier alpha value is -1.88. The van der Waals surface area contributed by atoms with Gasteiger partial charge in [-0.15, -0.1) is 6.58 Å². The summed E-state index contributed by atoms with van der Waals surface area (Å²) >= 11 is 5.56. The van der Waals surface area contributed by atoms with E-state index in [-0.39, 0.29) is 17.1 Å². The van der Waals surface area contributed by atoms with Crippen molar-refractivity contribution < 1.29 is 19.1 Å². The molecule has 96 valence electrons. The molecule has 1 N–H and O–H groups in total. The molecular formula is C12H11ClFNO3. The molecule has 1 aromatic carbocycles. The Balaban J connectivity index is 3.05. The molecule has 0 fully saturated rings. The number of halogens is 2. The van der Waals surface area contributed by atoms with Crippen molar-refractivity contribution in [2.45, 2.75) is 0 Å². The highest BCUT2D eigenvalue weighted by molar-refractivity contribution is 6.31. The van der Waals surface area contributed by atoms with Crippen LogP contribution in [0.3, 0.4) is 0 Å². The van der Waals surface area contributed by atoms with E-state index in [1.807, 2.05) is 0 Å². The predicted molar refractivity (Wildman–Crippen MR) is 65.1 cm³/mol. The maximum Gasteiger partial charge on any atom is 0.323 e. The fraction of sp³-hybridized carbons (Fsp3) is 0.167. The molecule has 0 aliphatic carbocycles. The SMILES string of the molecule is C=CCN(CC(=O)O)C(=O)c1cccc(Cl)c1F. The molecule has 0 aromatic heterocycles. The Morgan fingerprint density at radius 3 is 2.72 bits per heavy atom. The van der Waals surface area contributed by atoms with Crippen LogP contribution in [0.5, 0.6) is 0 Å². The van der Waals surface area contributed by atoms with Crippen LogP contribution in [0.4, 0.5) is 4.39 Å². The molecule has 1 rings (SSSR count). The number of hydrogen-bond donors (Lipinski definition) is 1. The second-order valence-electron chi connectivity index (χ2n) is 3.47. The van der Waals surface area contributed by atoms with Crippen molar-refractivity contribution in [3.8, 4) is 0 Å². The second-order valence-corrected chi connectivity index (χ2v) is 3.88. The van der Waals surface area contributed by atoms with Crippen molar-refractivity contribution in [2.24, 2.45) is 0 Å². The third-order valence-electron chi connectivity index (χ3n) is 2.14. The number of amides is 1. The van der Waals surface area contributed by atoms with Gasteiger partial charge in [-0.2, -0.15) is 0 Å². The topological polar surface area (TPSA) is 57.6 Å². The lowest BCUT2D eigenvalue weighted by Gasteiger charge is -2.19. The molecule has 0 radical (unpaired) electrons. The molecule has 1 amide bonds. The summed E-state index contributed by atoms with van der Waals surface area (Å²) in [5.74, 6) is -2.78. The van der Waals surface area contributed by atoms with Crippen molar-refractivity contribution in [3.05, 3.63) is 47.3 Å². The number of carbonyl (C=O) groups is 2. The smallest absolute Gasteiger partial charge is 0.323 e. The zero-order valence-corrected chi connectivity index (χ0v) is 10.2. The van der Waals surface area contributed by atoms with Gasteiger partial charge in [-0.05, 0) is 12.1 Å². The Labute approximate surface area is 108 Å². The summed E-state index contributed by atoms with van der Waals surface area (Å²) < 4.78 is 13.6. The van der Waals surface area contributed by atoms with E-state index >= 15 is 0 Å². The van der Waals surface area contributed by atoms with Gasteiger partial charge in [0.15, 0.2) is 5.82 Å². The van der Waals surface area contributed by atoms with Crippen LogP contribution in [0, 0.1) is 5.82 Å². The number of rotatable bonds is 5. The number of carboxylic acid groups (broad SMARTS) is 1. The van der Waals surface area contributed by atoms with Gasteiger partial charge < -0.3 is 10.0 Å². The minimum absolute atomic E-state index is 0.0110. The van der Waals surface area contributed by atoms with Crippen LogP contribution in [0.1, 0.15) is 10.4 Å². The molecule has 0 saturated carbocycles. The first kappa shape index (κ1) is 14.2. The lowest BCUT2D eigenvalue weighted by Crippen LogP contribution is -2.36. The highest BCUT2D eigenvalue weighted by Crippen LogP contribution is 2.19. The lowest BCUT2D eigenvalue weighted by atomic mass is 10.2. The summed E-state index contributed by atoms with van der Waals surface area (Å²) in [4.78, 5) is 23.5. The third kappa shape index (κ3) is 3.30. The number of nitrogens with zero attached hydrogens (tertiary/aromatic N) is 1. The average molecular weight is 272 g/mol. The molecule has 0 bridgehead atoms. The van der Waals surface area contributed by atoms with Crippen LogP contribution >= 0.6 is 11.6 Å². The quantitative estimate of drug-likeness (QED) is 0.835. The third-order valence-corrected chi connectivity index (χ3v) is 2.44. The van der Waals surface area contributed by atoms with Crippen molar-refractivity contribution >= 4 is 23.5 Å². The minimum atomic E-state index is -1.19. The summed E-state index contributed by atoms with van der Waals surface area (Å²) in [6, 6.07) is 3.98. The van der Waals surface area contributed by atoms with Gasteiger partial charge in [-0.25, -0.2) is 4.39 Å². The van der Waals surface area contributed by atoms with Gasteiger partial charge in [0.25, 0.3) is 5.91 Å². The Morgan fingerprint density at radius 1 is 1.50 bits per heavy atom. The molecule has 0 spiro atoms. The van der Waals surface area contributed by atoms with Crippen LogP contribution in [0.25, 0.3) is 0 Å². The molecule has 0 aliphatic heterocycles. The highest BCUT2D eigenvalue weighted by Gasteiger charge is 2.21. The van der Waals surface area contributed by atoms with Gasteiger partial charge in [0.2, 0.25) is 0 Å². The Kier molecular flexibility index (Phi) is 4.85. The van der Waals surface area contributed by atoms with Gasteiger partial charge in [0.1, 0.15) is 6.54 Å². The number of aliphatic carboxylic acids is 1. The molecule has 0 heterocycles. The van der Waals surface area contributed by atoms with Gasteiger partial charge in [-0.1, -0.05) is 23.7 Å². The van der Waals surface area contributed by atoms with Crippen LogP contribution in [-0.2, 0) is 4.79 Å². The van der Waals surface area contributed by atoms with Crippen molar-refractivity contribution in [2.75, 3.05) is 13.1 Å². The maximum absolute atomic E-state index is 13.6. The molecule has 4 nitrogen and oxygen atoms in total. The molecule has 6 heteroatoms. The standard InChI is InChI=1S/C12H11ClFNO3/c1-2-6-15(7-10(16)17)12(18)8-4-3-5-9(13)11(8)14/h2-5H,1,6-7H2,(H,16,17). The molecule has 1 aromatic rings. The molecule has 0 aliphatic rings. The van der Waals surface area contributed by atoms with Crippen LogP contribution in [-0.4, -0.2) is 35.0 Å². The van der Waals surface area contributed by atoms with E-state index in [2.05, 4.69) is 6.58 Å². The first-order chi connectivity index (χ1) is 8.47. The Morgan fingerprint density at radius 2 is 2.17 bits per heavy atom. The first-order valence-corrected chi connectivity index (χ1v) is 5.41. The van der Waals surface area contributed by atoms with Gasteiger partial charge in [0.05, 0.1) is 10.6 Å². The summed E-state index contributed by atoms with van der Waals surface area (Å²) in [7, 11) is 0. The molecule has 0 atom stereocenters. The van der Waals surface area contributed by atoms with Crippen LogP contribution in [0.15, 0.2) is 30.9 Å². The van der Waals surface area contributed by atoms with E-state index in [1.165, 1.54) is 24.3 Å². The highest BCUT2D eigenvalue weighted by atomic mass is 35.5. The summed E-state index contributed by atoms with van der Waals surface area (Å²) in [6.45, 7) is 2.90. The average Bonchev–Trinajstić information content (AvgIpc) is 2.31. The van der Waals surface area contributed by atoms with E-state index in [0.29, 0.717) is 0 Å². The van der Waals surface area contributed by atoms with Crippen LogP contribution < -0.4 is 0 Å². The van der Waals surface area contributed by atoms with Crippen molar-refractivity contribution in [3.63, 3.8) is 0 Å². The van der Waals surface area contributed by atoms with Gasteiger partial charge in [0, 0.05) is 6.54 Å². The lowest BCUT2D eigenvalue weighted by molar-refractivity contribution is -0.137. The molecular weight excluding hydrogens is 261 g/mol. The second kappa shape index (κ2) is 6.16. The number of benzene rings is 1. The number of carbonyl (C=O) groups excluding carboxylic acids is 1. The molecule has 0 saturated heterocycles. The molecule has 0 unspecified atom stereocenters. The zero-order valence-electron chi connectivity index (χ0n) is 9.40. The van der Waals surface area contributed by atoms with Gasteiger partial charge >= 0.3 is 5.97 Å². The van der Waals surface area contributed by atoms with Crippen molar-refractivity contribution in [1.29, 1.82) is 0 Å². The summed E-state index contributed by atoms with van der Waals surface area (Å²) in [5.41, 5.74) is -0.259. The van der Waals surface area contributed by atoms with E-state index in [4.69, 9.17) is 16.7 Å². The van der Waals surface area contributed by atoms with E-state index < -0.39 is 24.2 Å². The molecule has 18 heavy (non-hydrogen) atoms. The first-order valence-electron chi connectivity index (χ1n) is 5.03. The maximum atomic E-state index is 13.6. The van der Waals surface area contributed by atoms with Crippen LogP contribution in [0.2, 0.25) is 5.02 Å². The number of hydrogen-bond acceptors (Lipinski definition) is 2. The fourth-order valence-corrected chi connectivity index (χ4v) is 1.55. The van der Waals surface area contributed by atoms with E-state index in [0.717, 1.165) is 4.90 Å².